The van der Waals surface area contributed by atoms with Gasteiger partial charge in [-0.1, -0.05) is 64.8 Å². The molecule has 0 amide bonds. The third-order valence-electron chi connectivity index (χ3n) is 4.91. The Morgan fingerprint density at radius 3 is 2.82 bits per heavy atom. The number of aliphatic hydroxyl groups excluding tert-OH is 1. The van der Waals surface area contributed by atoms with E-state index >= 15 is 0 Å². The molecule has 0 aromatic rings. The Balaban J connectivity index is 2.79. The third-order valence-corrected chi connectivity index (χ3v) is 8.64. The predicted octanol–water partition coefficient (Wildman–Crippen LogP) is 5.04. The van der Waals surface area contributed by atoms with Crippen LogP contribution in [0.3, 0.4) is 0 Å². The number of ether oxygens (including phenoxy) is 1. The van der Waals surface area contributed by atoms with E-state index in [4.69, 9.17) is 4.74 Å². The SMILES string of the molecule is C=C1C(N=C(C)OC)=C2C(=CCSSSC)C(C)(C#CC=CC#CC2O)C1C. The van der Waals surface area contributed by atoms with Gasteiger partial charge >= 0.3 is 0 Å². The summed E-state index contributed by atoms with van der Waals surface area (Å²) in [5.41, 5.74) is 2.62. The number of hydrogen-bond acceptors (Lipinski definition) is 6. The van der Waals surface area contributed by atoms with Crippen LogP contribution in [0, 0.1) is 35.0 Å². The molecule has 148 valence electrons. The van der Waals surface area contributed by atoms with Crippen molar-refractivity contribution in [3.8, 4) is 23.7 Å². The second-order valence-electron chi connectivity index (χ2n) is 6.48. The Morgan fingerprint density at radius 2 is 2.14 bits per heavy atom. The highest BCUT2D eigenvalue weighted by Gasteiger charge is 2.44. The molecule has 0 saturated carbocycles. The molecule has 2 rings (SSSR count). The number of nitrogens with zero attached hydrogens (tertiary/aromatic N) is 1. The highest BCUT2D eigenvalue weighted by Crippen LogP contribution is 2.51. The molecule has 28 heavy (non-hydrogen) atoms. The number of methoxy groups -OCH3 is 1. The summed E-state index contributed by atoms with van der Waals surface area (Å²) in [7, 11) is 6.77. The first-order valence-corrected chi connectivity index (χ1v) is 12.9. The van der Waals surface area contributed by atoms with E-state index in [1.807, 2.05) is 0 Å². The zero-order valence-electron chi connectivity index (χ0n) is 16.8. The van der Waals surface area contributed by atoms with Gasteiger partial charge in [-0.05, 0) is 46.3 Å². The van der Waals surface area contributed by atoms with Crippen LogP contribution in [0.15, 0.2) is 52.2 Å². The summed E-state index contributed by atoms with van der Waals surface area (Å²) < 4.78 is 5.27. The Bertz CT molecular complexity index is 877. The fraction of sp³-hybridized carbons (Fsp3) is 0.409. The Morgan fingerprint density at radius 1 is 1.43 bits per heavy atom. The highest BCUT2D eigenvalue weighted by atomic mass is 33.5. The van der Waals surface area contributed by atoms with Crippen molar-refractivity contribution in [2.45, 2.75) is 26.9 Å². The lowest BCUT2D eigenvalue weighted by atomic mass is 9.62. The highest BCUT2D eigenvalue weighted by molar-refractivity contribution is 9.09. The van der Waals surface area contributed by atoms with Crippen molar-refractivity contribution in [2.24, 2.45) is 16.3 Å². The Hall–Kier alpha value is -1.44. The van der Waals surface area contributed by atoms with E-state index in [1.165, 1.54) is 0 Å². The first-order valence-electron chi connectivity index (χ1n) is 8.79. The van der Waals surface area contributed by atoms with Crippen molar-refractivity contribution < 1.29 is 9.84 Å². The van der Waals surface area contributed by atoms with Gasteiger partial charge in [0.05, 0.1) is 18.2 Å². The number of rotatable bonds is 5. The maximum absolute atomic E-state index is 11.0. The minimum Gasteiger partial charge on any atom is -0.484 e. The van der Waals surface area contributed by atoms with Crippen LogP contribution < -0.4 is 0 Å². The third kappa shape index (κ3) is 4.93. The molecule has 2 bridgehead atoms. The van der Waals surface area contributed by atoms with Crippen LogP contribution in [0.25, 0.3) is 0 Å². The molecule has 0 saturated heterocycles. The van der Waals surface area contributed by atoms with Crippen LogP contribution in [0.1, 0.15) is 20.8 Å². The molecule has 0 spiro atoms. The molecule has 0 heterocycles. The molecule has 6 heteroatoms. The van der Waals surface area contributed by atoms with Gasteiger partial charge in [0.1, 0.15) is 6.10 Å². The Kier molecular flexibility index (Phi) is 8.46. The van der Waals surface area contributed by atoms with Gasteiger partial charge in [0, 0.05) is 24.2 Å². The van der Waals surface area contributed by atoms with Crippen molar-refractivity contribution in [3.63, 3.8) is 0 Å². The maximum Gasteiger partial charge on any atom is 0.184 e. The normalized spacial score (nSPS) is 28.4. The number of allylic oxidation sites excluding steroid dienone is 3. The zero-order chi connectivity index (χ0) is 20.7. The molecule has 0 aromatic carbocycles. The lowest BCUT2D eigenvalue weighted by Crippen LogP contribution is -2.36. The van der Waals surface area contributed by atoms with Crippen molar-refractivity contribution in [1.29, 1.82) is 0 Å². The van der Waals surface area contributed by atoms with E-state index in [9.17, 15) is 5.11 Å². The number of fused-ring (bicyclic) bond motifs is 2. The molecule has 0 aliphatic heterocycles. The molecule has 2 aliphatic carbocycles. The molecular weight excluding hydrogens is 406 g/mol. The van der Waals surface area contributed by atoms with Crippen molar-refractivity contribution in [1.82, 2.24) is 0 Å². The summed E-state index contributed by atoms with van der Waals surface area (Å²) in [5, 5.41) is 11.0. The summed E-state index contributed by atoms with van der Waals surface area (Å²) in [6.07, 6.45) is 6.61. The van der Waals surface area contributed by atoms with Gasteiger partial charge in [0.2, 0.25) is 0 Å². The summed E-state index contributed by atoms with van der Waals surface area (Å²) >= 11 is 0. The number of hydrogen-bond donors (Lipinski definition) is 1. The maximum atomic E-state index is 11.0. The van der Waals surface area contributed by atoms with E-state index in [0.29, 0.717) is 17.2 Å². The van der Waals surface area contributed by atoms with Crippen molar-refractivity contribution in [2.75, 3.05) is 19.1 Å². The van der Waals surface area contributed by atoms with Crippen LogP contribution in [0.5, 0.6) is 0 Å². The zero-order valence-corrected chi connectivity index (χ0v) is 19.3. The van der Waals surface area contributed by atoms with E-state index in [1.54, 1.807) is 57.6 Å². The second-order valence-corrected chi connectivity index (χ2v) is 10.9. The molecule has 0 fully saturated rings. The van der Waals surface area contributed by atoms with Crippen LogP contribution >= 0.6 is 31.4 Å². The van der Waals surface area contributed by atoms with E-state index in [0.717, 1.165) is 16.9 Å². The van der Waals surface area contributed by atoms with Gasteiger partial charge in [0.15, 0.2) is 5.90 Å². The second kappa shape index (κ2) is 10.4. The molecule has 0 aromatic heterocycles. The summed E-state index contributed by atoms with van der Waals surface area (Å²) in [4.78, 5) is 4.63. The molecule has 0 radical (unpaired) electrons. The van der Waals surface area contributed by atoms with Crippen LogP contribution in [0.4, 0.5) is 0 Å². The molecule has 3 atom stereocenters. The minimum atomic E-state index is -0.985. The van der Waals surface area contributed by atoms with Gasteiger partial charge in [0.25, 0.3) is 0 Å². The van der Waals surface area contributed by atoms with Crippen molar-refractivity contribution >= 4 is 37.3 Å². The molecule has 2 aliphatic rings. The first kappa shape index (κ1) is 22.8. The average Bonchev–Trinajstić information content (AvgIpc) is 2.68. The van der Waals surface area contributed by atoms with Gasteiger partial charge in [-0.15, -0.1) is 0 Å². The van der Waals surface area contributed by atoms with Crippen LogP contribution in [-0.2, 0) is 4.74 Å². The molecule has 3 unspecified atom stereocenters. The topological polar surface area (TPSA) is 41.8 Å². The van der Waals surface area contributed by atoms with Gasteiger partial charge in [-0.25, -0.2) is 4.99 Å². The fourth-order valence-electron chi connectivity index (χ4n) is 3.14. The van der Waals surface area contributed by atoms with Crippen molar-refractivity contribution in [3.05, 3.63) is 47.2 Å². The molecular formula is C22H25NO2S3. The summed E-state index contributed by atoms with van der Waals surface area (Å²) in [6.45, 7) is 10.3. The average molecular weight is 432 g/mol. The lowest BCUT2D eigenvalue weighted by molar-refractivity contribution is 0.257. The Labute approximate surface area is 180 Å². The molecule has 1 N–H and O–H groups in total. The largest absolute Gasteiger partial charge is 0.484 e. The number of aliphatic imine (C=N–C) groups is 1. The standard InChI is InChI=1S/C22H25NO2S3/c1-15-16(2)22(4)13-10-8-7-9-11-19(24)20(21(15)23-17(3)25-5)18(22)12-14-27-28-26-6/h7-8,12,16,19,24H,1,14H2,2-6H3. The fourth-order valence-corrected chi connectivity index (χ4v) is 5.56. The smallest absolute Gasteiger partial charge is 0.184 e. The first-order chi connectivity index (χ1) is 13.4. The van der Waals surface area contributed by atoms with Crippen LogP contribution in [0.2, 0.25) is 0 Å². The quantitative estimate of drug-likeness (QED) is 0.217. The van der Waals surface area contributed by atoms with E-state index in [2.05, 4.69) is 61.4 Å². The molecule has 3 nitrogen and oxygen atoms in total. The summed E-state index contributed by atoms with van der Waals surface area (Å²) in [6, 6.07) is 0. The van der Waals surface area contributed by atoms with Crippen LogP contribution in [-0.4, -0.2) is 36.2 Å². The van der Waals surface area contributed by atoms with Gasteiger partial charge in [-0.3, -0.25) is 0 Å². The van der Waals surface area contributed by atoms with Gasteiger partial charge < -0.3 is 9.84 Å². The monoisotopic (exact) mass is 431 g/mol. The lowest BCUT2D eigenvalue weighted by Gasteiger charge is -2.42. The minimum absolute atomic E-state index is 0.0181. The van der Waals surface area contributed by atoms with E-state index < -0.39 is 11.5 Å². The van der Waals surface area contributed by atoms with Gasteiger partial charge in [-0.2, -0.15) is 0 Å². The number of aliphatic hydroxyl groups is 1. The summed E-state index contributed by atoms with van der Waals surface area (Å²) in [5.74, 6) is 13.6. The predicted molar refractivity (Wildman–Crippen MR) is 126 cm³/mol. The van der Waals surface area contributed by atoms with E-state index in [-0.39, 0.29) is 5.92 Å².